The average molecular weight is 1780 g/mol. The Hall–Kier alpha value is -20.6. The largest absolute Gasteiger partial charge is 0.308 e. The molecular formula is C126H68N14. The molecule has 642 valence electrons. The van der Waals surface area contributed by atoms with Crippen LogP contribution in [-0.4, -0.2) is 28.2 Å². The minimum atomic E-state index is 0.311. The summed E-state index contributed by atoms with van der Waals surface area (Å²) in [4.78, 5) is 11.3. The molecule has 0 saturated heterocycles. The molecule has 0 aliphatic carbocycles. The van der Waals surface area contributed by atoms with E-state index in [1.165, 1.54) is 0 Å². The van der Waals surface area contributed by atoms with Crippen LogP contribution in [0.5, 0.6) is 0 Å². The summed E-state index contributed by atoms with van der Waals surface area (Å²) < 4.78 is 8.98. The lowest BCUT2D eigenvalue weighted by atomic mass is 9.88. The fourth-order valence-corrected chi connectivity index (χ4v) is 20.5. The van der Waals surface area contributed by atoms with Gasteiger partial charge in [-0.25, -0.2) is 9.97 Å². The number of nitriles is 8. The predicted molar refractivity (Wildman–Crippen MR) is 557 cm³/mol. The van der Waals surface area contributed by atoms with Gasteiger partial charge in [-0.3, -0.25) is 0 Å². The predicted octanol–water partition coefficient (Wildman–Crippen LogP) is 30.2. The first-order valence-corrected chi connectivity index (χ1v) is 45.6. The molecule has 0 N–H and O–H groups in total. The first-order valence-electron chi connectivity index (χ1n) is 45.6. The van der Waals surface area contributed by atoms with Crippen molar-refractivity contribution >= 4 is 87.2 Å². The van der Waals surface area contributed by atoms with Crippen LogP contribution in [0.25, 0.3) is 233 Å². The Labute approximate surface area is 803 Å². The van der Waals surface area contributed by atoms with Crippen molar-refractivity contribution in [2.45, 2.75) is 0 Å². The molecule has 14 nitrogen and oxygen atoms in total. The SMILES string of the molecule is N#Cc1ccc(-c2ccc3c4ccccc4n(-c4cc(C#N)cc(-n5c6ccccc6c6ccc(-c7ccc(C#N)c(-c8cc9c%10ccc(-c%11cccc(C#N)c%11)cc%10n(-c%10cc(C#N)cc(-n%11c%12cc(-c%13cccc(C#N)c%13)ccc%12c%12ccc(-c%13cccc(C#N)c%13)cc%12%11)c%10-c%10cccc(-c%11ccccc%11)n%10)c9cc8-c8cccc(C#N)c8)c7)cc65)c4-c4cccc(-c5ccccc5)n4)c3c2)cc1. The minimum Gasteiger partial charge on any atom is -0.308 e. The Bertz CT molecular complexity index is 9700. The van der Waals surface area contributed by atoms with Crippen molar-refractivity contribution in [1.82, 2.24) is 28.2 Å². The Kier molecular flexibility index (Phi) is 20.0. The van der Waals surface area contributed by atoms with Gasteiger partial charge in [0, 0.05) is 70.9 Å². The van der Waals surface area contributed by atoms with E-state index in [0.717, 1.165) is 160 Å². The van der Waals surface area contributed by atoms with E-state index in [1.807, 2.05) is 243 Å². The van der Waals surface area contributed by atoms with Gasteiger partial charge in [0.05, 0.1) is 183 Å². The third-order valence-electron chi connectivity index (χ3n) is 27.0. The van der Waals surface area contributed by atoms with Crippen LogP contribution in [0, 0.1) is 90.6 Å². The van der Waals surface area contributed by atoms with Crippen molar-refractivity contribution in [2.75, 3.05) is 0 Å². The average Bonchev–Trinajstić information content (AvgIpc) is 1.55. The number of aromatic nitrogens is 6. The van der Waals surface area contributed by atoms with Crippen LogP contribution in [0.4, 0.5) is 0 Å². The van der Waals surface area contributed by atoms with Crippen LogP contribution in [0.1, 0.15) is 44.5 Å². The maximum atomic E-state index is 12.0. The Morgan fingerprint density at radius 2 is 0.450 bits per heavy atom. The van der Waals surface area contributed by atoms with Gasteiger partial charge in [-0.1, -0.05) is 237 Å². The second-order valence-corrected chi connectivity index (χ2v) is 34.8. The third-order valence-corrected chi connectivity index (χ3v) is 27.0. The topological polar surface area (TPSA) is 236 Å². The van der Waals surface area contributed by atoms with Gasteiger partial charge < -0.3 is 18.3 Å². The second kappa shape index (κ2) is 33.9. The van der Waals surface area contributed by atoms with Gasteiger partial charge in [-0.05, 0) is 248 Å². The number of hydrogen-bond acceptors (Lipinski definition) is 10. The summed E-state index contributed by atoms with van der Waals surface area (Å²) >= 11 is 0. The zero-order valence-electron chi connectivity index (χ0n) is 74.5. The van der Waals surface area contributed by atoms with E-state index in [2.05, 4.69) is 212 Å². The standard InChI is InChI=1S/C126H68N14/c127-69-77-37-39-84(40-38-77)91-43-48-100-98-29-7-9-35-113(98)137(115(100)62-91)121-57-82(74-132)58-122(125(121)111-33-15-31-109(135-111)85-21-3-1-4-22-85)138-114-36-10-8-30-99(114)101-49-46-95(66-116(101)138)90-41-42-97(76-134)105(61-90)107-67-108-104-52-47-94(89-27-13-19-80(55-89)72-130)65-119(104)140(120(108)68-106(107)96-28-14-20-81(56-96)73-131)124-60-83(75-133)59-123(126(124)112-34-16-32-110(136-112)86-23-5-2-6-24-86)139-117-63-92(87-25-11-17-78(53-87)70-128)44-50-102(117)103-51-45-93(64-118(103)139)88-26-12-18-79(54-88)71-129/h1-68H. The highest BCUT2D eigenvalue weighted by atomic mass is 15.0. The second-order valence-electron chi connectivity index (χ2n) is 34.8. The Balaban J connectivity index is 0.769. The van der Waals surface area contributed by atoms with Crippen molar-refractivity contribution in [1.29, 1.82) is 42.1 Å². The first-order chi connectivity index (χ1) is 69.0. The summed E-state index contributed by atoms with van der Waals surface area (Å²) in [6.45, 7) is 0. The van der Waals surface area contributed by atoms with Crippen LogP contribution in [0.3, 0.4) is 0 Å². The minimum absolute atomic E-state index is 0.311. The number of benzene rings is 18. The number of rotatable bonds is 15. The number of nitrogens with zero attached hydrogens (tertiary/aromatic N) is 14. The van der Waals surface area contributed by atoms with E-state index in [0.29, 0.717) is 118 Å². The van der Waals surface area contributed by atoms with Crippen molar-refractivity contribution in [3.63, 3.8) is 0 Å². The van der Waals surface area contributed by atoms with Gasteiger partial charge in [0.25, 0.3) is 0 Å². The molecule has 6 aromatic heterocycles. The number of para-hydroxylation sites is 2. The summed E-state index contributed by atoms with van der Waals surface area (Å²) in [5.41, 5.74) is 29.5. The molecule has 0 saturated carbocycles. The lowest BCUT2D eigenvalue weighted by Gasteiger charge is -2.21. The summed E-state index contributed by atoms with van der Waals surface area (Å²) in [6, 6.07) is 156. The summed E-state index contributed by atoms with van der Waals surface area (Å²) in [5, 5.41) is 95.1. The maximum Gasteiger partial charge on any atom is 0.0998 e. The Morgan fingerprint density at radius 3 is 0.843 bits per heavy atom. The zero-order chi connectivity index (χ0) is 94.3. The van der Waals surface area contributed by atoms with E-state index in [9.17, 15) is 42.1 Å². The van der Waals surface area contributed by atoms with Gasteiger partial charge in [0.1, 0.15) is 0 Å². The molecule has 0 aliphatic rings. The number of hydrogen-bond donors (Lipinski definition) is 0. The van der Waals surface area contributed by atoms with Gasteiger partial charge in [0.2, 0.25) is 0 Å². The summed E-state index contributed by atoms with van der Waals surface area (Å²) in [6.07, 6.45) is 0. The van der Waals surface area contributed by atoms with Crippen molar-refractivity contribution in [3.05, 3.63) is 457 Å². The molecule has 0 atom stereocenters. The van der Waals surface area contributed by atoms with Gasteiger partial charge in [-0.15, -0.1) is 0 Å². The van der Waals surface area contributed by atoms with Gasteiger partial charge in [0.15, 0.2) is 0 Å². The summed E-state index contributed by atoms with van der Waals surface area (Å²) in [7, 11) is 0. The van der Waals surface area contributed by atoms with Crippen molar-refractivity contribution in [2.24, 2.45) is 0 Å². The summed E-state index contributed by atoms with van der Waals surface area (Å²) in [5.74, 6) is 0. The van der Waals surface area contributed by atoms with Gasteiger partial charge >= 0.3 is 0 Å². The Morgan fingerprint density at radius 1 is 0.157 bits per heavy atom. The normalized spacial score (nSPS) is 11.2. The number of pyridine rings is 2. The maximum absolute atomic E-state index is 12.0. The molecule has 0 fully saturated rings. The van der Waals surface area contributed by atoms with Crippen LogP contribution in [0.15, 0.2) is 413 Å². The monoisotopic (exact) mass is 1780 g/mol. The molecule has 24 aromatic rings. The van der Waals surface area contributed by atoms with Crippen LogP contribution >= 0.6 is 0 Å². The van der Waals surface area contributed by atoms with Crippen LogP contribution in [0.2, 0.25) is 0 Å². The van der Waals surface area contributed by atoms with Crippen molar-refractivity contribution in [3.8, 4) is 194 Å². The molecule has 0 aliphatic heterocycles. The molecule has 18 aromatic carbocycles. The highest BCUT2D eigenvalue weighted by Crippen LogP contribution is 2.51. The molecule has 0 bridgehead atoms. The molecular weight excluding hydrogens is 1710 g/mol. The molecule has 24 rings (SSSR count). The molecule has 0 radical (unpaired) electrons. The van der Waals surface area contributed by atoms with Gasteiger partial charge in [-0.2, -0.15) is 42.1 Å². The molecule has 140 heavy (non-hydrogen) atoms. The highest BCUT2D eigenvalue weighted by Gasteiger charge is 2.31. The van der Waals surface area contributed by atoms with E-state index in [1.54, 1.807) is 24.3 Å². The van der Waals surface area contributed by atoms with E-state index >= 15 is 0 Å². The highest BCUT2D eigenvalue weighted by molar-refractivity contribution is 6.18. The van der Waals surface area contributed by atoms with E-state index < -0.39 is 0 Å². The third kappa shape index (κ3) is 14.0. The van der Waals surface area contributed by atoms with E-state index in [-0.39, 0.29) is 0 Å². The number of fused-ring (bicyclic) bond motifs is 12. The lowest BCUT2D eigenvalue weighted by Crippen LogP contribution is -2.06. The van der Waals surface area contributed by atoms with Crippen LogP contribution in [-0.2, 0) is 0 Å². The smallest absolute Gasteiger partial charge is 0.0998 e. The fraction of sp³-hybridized carbons (Fsp3) is 0. The molecule has 6 heterocycles. The lowest BCUT2D eigenvalue weighted by molar-refractivity contribution is 1.12. The first kappa shape index (κ1) is 82.5. The van der Waals surface area contributed by atoms with E-state index in [4.69, 9.17) is 9.97 Å². The molecule has 0 amide bonds. The fourth-order valence-electron chi connectivity index (χ4n) is 20.5. The zero-order valence-corrected chi connectivity index (χ0v) is 74.5. The van der Waals surface area contributed by atoms with Crippen LogP contribution < -0.4 is 0 Å². The van der Waals surface area contributed by atoms with Crippen molar-refractivity contribution < 1.29 is 0 Å². The molecule has 0 spiro atoms. The molecule has 0 unspecified atom stereocenters. The molecule has 14 heteroatoms. The quantitative estimate of drug-likeness (QED) is 0.0941.